The number of fused-ring (bicyclic) bond motifs is 7. The van der Waals surface area contributed by atoms with E-state index in [4.69, 9.17) is 15.0 Å². The summed E-state index contributed by atoms with van der Waals surface area (Å²) in [6, 6.07) is 81.0. The van der Waals surface area contributed by atoms with E-state index in [1.165, 1.54) is 66.1 Å². The van der Waals surface area contributed by atoms with Gasteiger partial charge in [0.05, 0.1) is 5.41 Å². The molecule has 0 N–H and O–H groups in total. The number of hydrogen-bond donors (Lipinski definition) is 0. The Morgan fingerprint density at radius 1 is 0.238 bits per heavy atom. The molecular weight excluding hydrogens is 763 g/mol. The van der Waals surface area contributed by atoms with Crippen LogP contribution in [0.2, 0.25) is 0 Å². The summed E-state index contributed by atoms with van der Waals surface area (Å²) in [6.45, 7) is 0. The van der Waals surface area contributed by atoms with Crippen molar-refractivity contribution in [2.24, 2.45) is 0 Å². The van der Waals surface area contributed by atoms with Crippen molar-refractivity contribution in [3.63, 3.8) is 0 Å². The lowest BCUT2D eigenvalue weighted by Gasteiger charge is -2.30. The van der Waals surface area contributed by atoms with Gasteiger partial charge in [-0.05, 0) is 113 Å². The highest BCUT2D eigenvalue weighted by atomic mass is 15.0. The van der Waals surface area contributed by atoms with Crippen molar-refractivity contribution in [2.45, 2.75) is 5.41 Å². The molecule has 0 saturated heterocycles. The zero-order valence-electron chi connectivity index (χ0n) is 34.2. The highest BCUT2D eigenvalue weighted by Gasteiger charge is 2.50. The molecule has 0 aliphatic heterocycles. The Bertz CT molecular complexity index is 3570. The molecule has 1 aromatic heterocycles. The van der Waals surface area contributed by atoms with E-state index >= 15 is 0 Å². The van der Waals surface area contributed by atoms with Gasteiger partial charge in [0.25, 0.3) is 0 Å². The van der Waals surface area contributed by atoms with Crippen LogP contribution in [0.3, 0.4) is 0 Å². The van der Waals surface area contributed by atoms with Gasteiger partial charge in [0.2, 0.25) is 0 Å². The standard InChI is InChI=1S/C60H37N3/c1-3-14-38(15-4-1)42-20-10-24-47(35-42)58-61-57(41-16-5-2-6-17-41)62-59(63-58)48-25-11-23-45(36-48)43-21-9-22-44(34-43)46-32-33-52-50(37-46)49-26-7-8-27-51(49)60(52)53-28-12-18-39-30-31-40-19-13-29-54(60)56(40)55(39)53/h1-37H. The van der Waals surface area contributed by atoms with E-state index in [-0.39, 0.29) is 5.41 Å². The maximum absolute atomic E-state index is 5.13. The summed E-state index contributed by atoms with van der Waals surface area (Å²) < 4.78 is 0. The molecule has 1 spiro atoms. The van der Waals surface area contributed by atoms with E-state index in [1.54, 1.807) is 0 Å². The summed E-state index contributed by atoms with van der Waals surface area (Å²) in [6.07, 6.45) is 0. The third-order valence-corrected chi connectivity index (χ3v) is 13.3. The van der Waals surface area contributed by atoms with Crippen molar-refractivity contribution >= 4 is 21.5 Å². The van der Waals surface area contributed by atoms with E-state index in [1.807, 2.05) is 24.3 Å². The molecule has 2 aliphatic carbocycles. The van der Waals surface area contributed by atoms with Gasteiger partial charge in [-0.25, -0.2) is 15.0 Å². The summed E-state index contributed by atoms with van der Waals surface area (Å²) in [4.78, 5) is 15.2. The van der Waals surface area contributed by atoms with E-state index in [2.05, 4.69) is 200 Å². The first-order valence-corrected chi connectivity index (χ1v) is 21.6. The minimum absolute atomic E-state index is 0.366. The second kappa shape index (κ2) is 13.9. The van der Waals surface area contributed by atoms with Gasteiger partial charge in [0.1, 0.15) is 0 Å². The maximum Gasteiger partial charge on any atom is 0.164 e. The van der Waals surface area contributed by atoms with Gasteiger partial charge in [-0.1, -0.05) is 200 Å². The highest BCUT2D eigenvalue weighted by Crippen LogP contribution is 2.62. The smallest absolute Gasteiger partial charge is 0.164 e. The van der Waals surface area contributed by atoms with Crippen molar-refractivity contribution in [1.29, 1.82) is 0 Å². The van der Waals surface area contributed by atoms with Crippen LogP contribution in [0.4, 0.5) is 0 Å². The van der Waals surface area contributed by atoms with Crippen LogP contribution in [0.1, 0.15) is 22.3 Å². The molecular formula is C60H37N3. The lowest BCUT2D eigenvalue weighted by atomic mass is 9.70. The second-order valence-corrected chi connectivity index (χ2v) is 16.7. The lowest BCUT2D eigenvalue weighted by Crippen LogP contribution is -2.26. The molecule has 0 saturated carbocycles. The molecule has 2 aliphatic rings. The van der Waals surface area contributed by atoms with Crippen LogP contribution in [-0.4, -0.2) is 15.0 Å². The third kappa shape index (κ3) is 5.43. The van der Waals surface area contributed by atoms with Crippen LogP contribution in [0.5, 0.6) is 0 Å². The fourth-order valence-corrected chi connectivity index (χ4v) is 10.5. The molecule has 11 aromatic rings. The van der Waals surface area contributed by atoms with Crippen LogP contribution in [-0.2, 0) is 5.41 Å². The van der Waals surface area contributed by atoms with Crippen molar-refractivity contribution in [3.05, 3.63) is 247 Å². The molecule has 0 unspecified atom stereocenters. The number of aromatic nitrogens is 3. The van der Waals surface area contributed by atoms with Crippen LogP contribution >= 0.6 is 0 Å². The summed E-state index contributed by atoms with van der Waals surface area (Å²) >= 11 is 0. The van der Waals surface area contributed by atoms with Gasteiger partial charge in [0.15, 0.2) is 17.5 Å². The minimum atomic E-state index is -0.366. The Hall–Kier alpha value is -8.27. The first-order valence-electron chi connectivity index (χ1n) is 21.6. The van der Waals surface area contributed by atoms with Crippen LogP contribution in [0.25, 0.3) is 100 Å². The predicted molar refractivity (Wildman–Crippen MR) is 258 cm³/mol. The van der Waals surface area contributed by atoms with E-state index in [0.717, 1.165) is 38.9 Å². The molecule has 1 heterocycles. The van der Waals surface area contributed by atoms with E-state index in [9.17, 15) is 0 Å². The Morgan fingerprint density at radius 2 is 0.635 bits per heavy atom. The van der Waals surface area contributed by atoms with Crippen molar-refractivity contribution in [3.8, 4) is 78.7 Å². The topological polar surface area (TPSA) is 38.7 Å². The van der Waals surface area contributed by atoms with Crippen LogP contribution < -0.4 is 0 Å². The monoisotopic (exact) mass is 799 g/mol. The SMILES string of the molecule is c1ccc(-c2cccc(-c3nc(-c4ccccc4)nc(-c4cccc(-c5cccc(-c6ccc7c(c6)-c6ccccc6C76c7cccc8ccc9cccc6c9c78)c5)c4)n3)c2)cc1. The summed E-state index contributed by atoms with van der Waals surface area (Å²) in [5, 5.41) is 5.37. The molecule has 0 atom stereocenters. The summed E-state index contributed by atoms with van der Waals surface area (Å²) in [7, 11) is 0. The molecule has 0 amide bonds. The first kappa shape index (κ1) is 35.5. The van der Waals surface area contributed by atoms with Gasteiger partial charge in [0, 0.05) is 16.7 Å². The zero-order valence-corrected chi connectivity index (χ0v) is 34.2. The number of benzene rings is 10. The lowest BCUT2D eigenvalue weighted by molar-refractivity contribution is 0.797. The number of hydrogen-bond acceptors (Lipinski definition) is 3. The molecule has 10 aromatic carbocycles. The first-order chi connectivity index (χ1) is 31.2. The van der Waals surface area contributed by atoms with E-state index in [0.29, 0.717) is 17.5 Å². The van der Waals surface area contributed by atoms with Gasteiger partial charge < -0.3 is 0 Å². The molecule has 292 valence electrons. The predicted octanol–water partition coefficient (Wildman–Crippen LogP) is 14.9. The average molecular weight is 800 g/mol. The number of rotatable bonds is 6. The quantitative estimate of drug-likeness (QED) is 0.157. The van der Waals surface area contributed by atoms with E-state index < -0.39 is 0 Å². The Labute approximate surface area is 365 Å². The maximum atomic E-state index is 5.13. The Balaban J connectivity index is 0.903. The van der Waals surface area contributed by atoms with Gasteiger partial charge in [-0.15, -0.1) is 0 Å². The van der Waals surface area contributed by atoms with Gasteiger partial charge in [-0.2, -0.15) is 0 Å². The summed E-state index contributed by atoms with van der Waals surface area (Å²) in [5.74, 6) is 1.91. The molecule has 3 nitrogen and oxygen atoms in total. The summed E-state index contributed by atoms with van der Waals surface area (Å²) in [5.41, 5.74) is 17.4. The van der Waals surface area contributed by atoms with Gasteiger partial charge in [-0.3, -0.25) is 0 Å². The molecule has 63 heavy (non-hydrogen) atoms. The number of nitrogens with zero attached hydrogens (tertiary/aromatic N) is 3. The molecule has 0 fully saturated rings. The van der Waals surface area contributed by atoms with Crippen LogP contribution in [0, 0.1) is 0 Å². The molecule has 0 bridgehead atoms. The zero-order chi connectivity index (χ0) is 41.5. The van der Waals surface area contributed by atoms with Crippen LogP contribution in [0.15, 0.2) is 224 Å². The fourth-order valence-electron chi connectivity index (χ4n) is 10.5. The van der Waals surface area contributed by atoms with Gasteiger partial charge >= 0.3 is 0 Å². The molecule has 13 rings (SSSR count). The third-order valence-electron chi connectivity index (χ3n) is 13.3. The average Bonchev–Trinajstić information content (AvgIpc) is 3.84. The Morgan fingerprint density at radius 3 is 1.22 bits per heavy atom. The normalized spacial score (nSPS) is 12.9. The second-order valence-electron chi connectivity index (χ2n) is 16.7. The highest BCUT2D eigenvalue weighted by molar-refractivity contribution is 6.17. The van der Waals surface area contributed by atoms with Crippen molar-refractivity contribution in [1.82, 2.24) is 15.0 Å². The van der Waals surface area contributed by atoms with Crippen molar-refractivity contribution < 1.29 is 0 Å². The molecule has 0 radical (unpaired) electrons. The Kier molecular flexibility index (Phi) is 7.82. The minimum Gasteiger partial charge on any atom is -0.208 e. The molecule has 3 heteroatoms. The van der Waals surface area contributed by atoms with Crippen molar-refractivity contribution in [2.75, 3.05) is 0 Å². The largest absolute Gasteiger partial charge is 0.208 e. The fraction of sp³-hybridized carbons (Fsp3) is 0.0167.